The molecule has 0 aliphatic rings. The van der Waals surface area contributed by atoms with E-state index in [-0.39, 0.29) is 5.91 Å². The zero-order chi connectivity index (χ0) is 8.91. The Kier molecular flexibility index (Phi) is 4.11. The minimum atomic E-state index is -0.649. The highest BCUT2D eigenvalue weighted by Gasteiger charge is 2.30. The summed E-state index contributed by atoms with van der Waals surface area (Å²) in [6, 6.07) is 0. The van der Waals surface area contributed by atoms with E-state index in [2.05, 4.69) is 5.32 Å². The molecule has 0 radical (unpaired) electrons. The van der Waals surface area contributed by atoms with E-state index in [1.54, 1.807) is 14.0 Å². The lowest BCUT2D eigenvalue weighted by atomic mass is 10.0. The van der Waals surface area contributed by atoms with Crippen molar-refractivity contribution in [2.45, 2.75) is 32.8 Å². The molecule has 0 spiro atoms. The SMILES string of the molecule is CCOC(C)(CC)C(=O)NC. The van der Waals surface area contributed by atoms with Crippen molar-refractivity contribution in [1.29, 1.82) is 0 Å². The van der Waals surface area contributed by atoms with Crippen LogP contribution in [0.2, 0.25) is 0 Å². The number of likely N-dealkylation sites (N-methyl/N-ethyl adjacent to an activating group) is 1. The van der Waals surface area contributed by atoms with Crippen LogP contribution in [0.5, 0.6) is 0 Å². The number of amides is 1. The number of hydrogen-bond donors (Lipinski definition) is 1. The van der Waals surface area contributed by atoms with Crippen LogP contribution in [0, 0.1) is 0 Å². The number of ether oxygens (including phenoxy) is 1. The van der Waals surface area contributed by atoms with Gasteiger partial charge in [0, 0.05) is 13.7 Å². The summed E-state index contributed by atoms with van der Waals surface area (Å²) < 4.78 is 5.32. The van der Waals surface area contributed by atoms with Crippen molar-refractivity contribution >= 4 is 5.91 Å². The van der Waals surface area contributed by atoms with E-state index in [1.165, 1.54) is 0 Å². The summed E-state index contributed by atoms with van der Waals surface area (Å²) in [5, 5.41) is 2.58. The summed E-state index contributed by atoms with van der Waals surface area (Å²) in [4.78, 5) is 11.2. The highest BCUT2D eigenvalue weighted by atomic mass is 16.5. The molecule has 0 heterocycles. The average Bonchev–Trinajstić information content (AvgIpc) is 2.03. The first-order valence-corrected chi connectivity index (χ1v) is 3.96. The molecular formula is C8H17NO2. The molecule has 0 rings (SSSR count). The van der Waals surface area contributed by atoms with Gasteiger partial charge in [0.1, 0.15) is 5.60 Å². The molecule has 1 amide bonds. The van der Waals surface area contributed by atoms with Crippen LogP contribution in [0.1, 0.15) is 27.2 Å². The monoisotopic (exact) mass is 159 g/mol. The van der Waals surface area contributed by atoms with Crippen LogP contribution in [-0.4, -0.2) is 25.2 Å². The third kappa shape index (κ3) is 2.50. The molecule has 3 heteroatoms. The lowest BCUT2D eigenvalue weighted by Gasteiger charge is -2.25. The summed E-state index contributed by atoms with van der Waals surface area (Å²) in [6.07, 6.45) is 0.695. The maximum absolute atomic E-state index is 11.2. The largest absolute Gasteiger partial charge is 0.366 e. The van der Waals surface area contributed by atoms with Crippen LogP contribution in [0.25, 0.3) is 0 Å². The van der Waals surface area contributed by atoms with Gasteiger partial charge in [0.25, 0.3) is 5.91 Å². The Bertz CT molecular complexity index is 136. The summed E-state index contributed by atoms with van der Waals surface area (Å²) in [6.45, 7) is 6.19. The third-order valence-corrected chi connectivity index (χ3v) is 1.84. The van der Waals surface area contributed by atoms with Crippen molar-refractivity contribution in [3.63, 3.8) is 0 Å². The molecule has 0 fully saturated rings. The highest BCUT2D eigenvalue weighted by molar-refractivity contribution is 5.84. The van der Waals surface area contributed by atoms with Crippen LogP contribution >= 0.6 is 0 Å². The molecule has 0 aromatic rings. The molecule has 0 bridgehead atoms. The summed E-state index contributed by atoms with van der Waals surface area (Å²) in [5.41, 5.74) is -0.649. The first-order valence-electron chi connectivity index (χ1n) is 3.96. The van der Waals surface area contributed by atoms with Crippen molar-refractivity contribution in [3.05, 3.63) is 0 Å². The second-order valence-electron chi connectivity index (χ2n) is 2.60. The van der Waals surface area contributed by atoms with Crippen molar-refractivity contribution < 1.29 is 9.53 Å². The van der Waals surface area contributed by atoms with Crippen LogP contribution in [0.4, 0.5) is 0 Å². The summed E-state index contributed by atoms with van der Waals surface area (Å²) in [5.74, 6) is -0.0538. The van der Waals surface area contributed by atoms with E-state index < -0.39 is 5.60 Å². The summed E-state index contributed by atoms with van der Waals surface area (Å²) in [7, 11) is 1.62. The van der Waals surface area contributed by atoms with Crippen molar-refractivity contribution in [2.75, 3.05) is 13.7 Å². The van der Waals surface area contributed by atoms with Gasteiger partial charge in [-0.15, -0.1) is 0 Å². The Morgan fingerprint density at radius 1 is 1.55 bits per heavy atom. The Hall–Kier alpha value is -0.570. The molecule has 1 N–H and O–H groups in total. The molecule has 0 aromatic carbocycles. The van der Waals surface area contributed by atoms with Gasteiger partial charge in [-0.2, -0.15) is 0 Å². The van der Waals surface area contributed by atoms with E-state index in [4.69, 9.17) is 4.74 Å². The highest BCUT2D eigenvalue weighted by Crippen LogP contribution is 2.14. The normalized spacial score (nSPS) is 15.6. The number of nitrogens with one attached hydrogen (secondary N) is 1. The lowest BCUT2D eigenvalue weighted by Crippen LogP contribution is -2.44. The molecule has 0 aromatic heterocycles. The number of rotatable bonds is 4. The van der Waals surface area contributed by atoms with Gasteiger partial charge in [0.05, 0.1) is 0 Å². The van der Waals surface area contributed by atoms with Crippen LogP contribution in [0.3, 0.4) is 0 Å². The number of carbonyl (C=O) groups is 1. The predicted octanol–water partition coefficient (Wildman–Crippen LogP) is 0.938. The predicted molar refractivity (Wildman–Crippen MR) is 44.4 cm³/mol. The maximum Gasteiger partial charge on any atom is 0.251 e. The van der Waals surface area contributed by atoms with Gasteiger partial charge < -0.3 is 10.1 Å². The van der Waals surface area contributed by atoms with Gasteiger partial charge in [0.15, 0.2) is 0 Å². The van der Waals surface area contributed by atoms with Crippen molar-refractivity contribution in [2.24, 2.45) is 0 Å². The second kappa shape index (κ2) is 4.34. The molecule has 3 nitrogen and oxygen atoms in total. The van der Waals surface area contributed by atoms with E-state index in [9.17, 15) is 4.79 Å². The van der Waals surface area contributed by atoms with E-state index in [0.29, 0.717) is 13.0 Å². The first kappa shape index (κ1) is 10.4. The molecule has 0 aliphatic heterocycles. The van der Waals surface area contributed by atoms with Gasteiger partial charge in [-0.25, -0.2) is 0 Å². The first-order chi connectivity index (χ1) is 5.10. The zero-order valence-electron chi connectivity index (χ0n) is 7.73. The van der Waals surface area contributed by atoms with E-state index in [0.717, 1.165) is 0 Å². The Morgan fingerprint density at radius 3 is 2.36 bits per heavy atom. The van der Waals surface area contributed by atoms with Crippen molar-refractivity contribution in [1.82, 2.24) is 5.32 Å². The Balaban J connectivity index is 4.19. The number of hydrogen-bond acceptors (Lipinski definition) is 2. The molecule has 0 aliphatic carbocycles. The molecule has 1 unspecified atom stereocenters. The van der Waals surface area contributed by atoms with Gasteiger partial charge in [-0.05, 0) is 20.3 Å². The van der Waals surface area contributed by atoms with E-state index in [1.807, 2.05) is 13.8 Å². The van der Waals surface area contributed by atoms with Gasteiger partial charge in [-0.1, -0.05) is 6.92 Å². The minimum Gasteiger partial charge on any atom is -0.366 e. The topological polar surface area (TPSA) is 38.3 Å². The summed E-state index contributed by atoms with van der Waals surface area (Å²) >= 11 is 0. The lowest BCUT2D eigenvalue weighted by molar-refractivity contribution is -0.144. The molecule has 1 atom stereocenters. The number of carbonyl (C=O) groups excluding carboxylic acids is 1. The van der Waals surface area contributed by atoms with Gasteiger partial charge in [0.2, 0.25) is 0 Å². The molecule has 66 valence electrons. The average molecular weight is 159 g/mol. The molecular weight excluding hydrogens is 142 g/mol. The van der Waals surface area contributed by atoms with Gasteiger partial charge >= 0.3 is 0 Å². The fourth-order valence-electron chi connectivity index (χ4n) is 0.911. The minimum absolute atomic E-state index is 0.0538. The van der Waals surface area contributed by atoms with E-state index >= 15 is 0 Å². The molecule has 11 heavy (non-hydrogen) atoms. The Morgan fingerprint density at radius 2 is 2.09 bits per heavy atom. The zero-order valence-corrected chi connectivity index (χ0v) is 7.73. The quantitative estimate of drug-likeness (QED) is 0.663. The Labute approximate surface area is 68.1 Å². The van der Waals surface area contributed by atoms with Crippen LogP contribution in [0.15, 0.2) is 0 Å². The van der Waals surface area contributed by atoms with Gasteiger partial charge in [-0.3, -0.25) is 4.79 Å². The second-order valence-corrected chi connectivity index (χ2v) is 2.60. The standard InChI is InChI=1S/C8H17NO2/c1-5-8(3,11-6-2)7(10)9-4/h5-6H2,1-4H3,(H,9,10). The fourth-order valence-corrected chi connectivity index (χ4v) is 0.911. The molecule has 0 saturated heterocycles. The van der Waals surface area contributed by atoms with Crippen LogP contribution < -0.4 is 5.32 Å². The smallest absolute Gasteiger partial charge is 0.251 e. The maximum atomic E-state index is 11.2. The van der Waals surface area contributed by atoms with Crippen LogP contribution in [-0.2, 0) is 9.53 Å². The van der Waals surface area contributed by atoms with Crippen molar-refractivity contribution in [3.8, 4) is 0 Å². The molecule has 0 saturated carbocycles. The fraction of sp³-hybridized carbons (Fsp3) is 0.875. The third-order valence-electron chi connectivity index (χ3n) is 1.84.